The van der Waals surface area contributed by atoms with Crippen LogP contribution in [0.5, 0.6) is 5.75 Å². The Kier molecular flexibility index (Phi) is 5.18. The van der Waals surface area contributed by atoms with E-state index in [1.165, 1.54) is 11.3 Å². The average molecular weight is 457 g/mol. The van der Waals surface area contributed by atoms with Gasteiger partial charge in [0.1, 0.15) is 12.4 Å². The van der Waals surface area contributed by atoms with Crippen LogP contribution in [-0.4, -0.2) is 20.5 Å². The predicted octanol–water partition coefficient (Wildman–Crippen LogP) is 4.35. The molecule has 0 saturated heterocycles. The van der Waals surface area contributed by atoms with E-state index in [2.05, 4.69) is 4.98 Å². The van der Waals surface area contributed by atoms with Crippen molar-refractivity contribution >= 4 is 39.4 Å². The largest absolute Gasteiger partial charge is 0.489 e. The van der Waals surface area contributed by atoms with Gasteiger partial charge in [0.2, 0.25) is 0 Å². The molecule has 164 valence electrons. The molecule has 3 aromatic carbocycles. The minimum Gasteiger partial charge on any atom is -0.489 e. The van der Waals surface area contributed by atoms with Gasteiger partial charge >= 0.3 is 5.97 Å². The zero-order valence-corrected chi connectivity index (χ0v) is 18.8. The molecule has 5 aromatic rings. The molecule has 2 aromatic heterocycles. The topological polar surface area (TPSA) is 80.9 Å². The molecule has 5 rings (SSSR count). The second kappa shape index (κ2) is 8.18. The van der Waals surface area contributed by atoms with Gasteiger partial charge in [0.25, 0.3) is 5.56 Å². The summed E-state index contributed by atoms with van der Waals surface area (Å²) >= 11 is 1.38. The van der Waals surface area contributed by atoms with E-state index in [4.69, 9.17) is 9.84 Å². The number of carboxylic acids is 1. The van der Waals surface area contributed by atoms with E-state index >= 15 is 0 Å². The quantitative estimate of drug-likeness (QED) is 0.425. The van der Waals surface area contributed by atoms with Gasteiger partial charge in [-0.3, -0.25) is 4.79 Å². The maximum atomic E-state index is 13.0. The second-order valence-corrected chi connectivity index (χ2v) is 8.94. The fraction of sp³-hybridized carbons (Fsp3) is 0.115. The lowest BCUT2D eigenvalue weighted by atomic mass is 10.1. The maximum absolute atomic E-state index is 13.0. The first-order chi connectivity index (χ1) is 15.9. The Balaban J connectivity index is 1.39. The molecule has 6 nitrogen and oxygen atoms in total. The summed E-state index contributed by atoms with van der Waals surface area (Å²) in [5.41, 5.74) is 5.78. The molecule has 0 radical (unpaired) electrons. The van der Waals surface area contributed by atoms with E-state index in [1.807, 2.05) is 62.4 Å². The number of thiazole rings is 1. The zero-order chi connectivity index (χ0) is 23.1. The molecular formula is C26H20N2O4S. The number of rotatable bonds is 5. The average Bonchev–Trinajstić information content (AvgIpc) is 3.29. The molecule has 0 aliphatic carbocycles. The molecule has 0 aliphatic rings. The molecule has 2 heterocycles. The van der Waals surface area contributed by atoms with E-state index < -0.39 is 5.97 Å². The summed E-state index contributed by atoms with van der Waals surface area (Å²) in [6.07, 6.45) is 1.86. The van der Waals surface area contributed by atoms with Gasteiger partial charge in [0.15, 0.2) is 4.96 Å². The summed E-state index contributed by atoms with van der Waals surface area (Å²) in [6.45, 7) is 4.34. The van der Waals surface area contributed by atoms with Gasteiger partial charge in [-0.25, -0.2) is 14.2 Å². The van der Waals surface area contributed by atoms with Crippen molar-refractivity contribution in [1.82, 2.24) is 9.38 Å². The lowest BCUT2D eigenvalue weighted by molar-refractivity contribution is 0.0696. The Labute approximate surface area is 193 Å². The third-order valence-electron chi connectivity index (χ3n) is 5.61. The third kappa shape index (κ3) is 3.99. The van der Waals surface area contributed by atoms with Crippen molar-refractivity contribution in [3.63, 3.8) is 0 Å². The monoisotopic (exact) mass is 456 g/mol. The molecule has 0 aliphatic heterocycles. The van der Waals surface area contributed by atoms with Crippen molar-refractivity contribution in [1.29, 1.82) is 0 Å². The summed E-state index contributed by atoms with van der Waals surface area (Å²) in [6, 6.07) is 18.1. The highest BCUT2D eigenvalue weighted by atomic mass is 32.1. The van der Waals surface area contributed by atoms with Crippen molar-refractivity contribution in [2.75, 3.05) is 0 Å². The normalized spacial score (nSPS) is 12.0. The summed E-state index contributed by atoms with van der Waals surface area (Å²) in [4.78, 5) is 29.5. The van der Waals surface area contributed by atoms with E-state index in [0.29, 0.717) is 15.2 Å². The Hall–Kier alpha value is -3.97. The fourth-order valence-electron chi connectivity index (χ4n) is 3.69. The number of nitrogens with zero attached hydrogens (tertiary/aromatic N) is 2. The van der Waals surface area contributed by atoms with Crippen molar-refractivity contribution in [3.05, 3.63) is 103 Å². The molecule has 0 saturated carbocycles. The van der Waals surface area contributed by atoms with Crippen LogP contribution in [0, 0.1) is 13.8 Å². The van der Waals surface area contributed by atoms with Crippen LogP contribution in [0.1, 0.15) is 32.6 Å². The number of imidazole rings is 1. The molecule has 0 bridgehead atoms. The predicted molar refractivity (Wildman–Crippen MR) is 129 cm³/mol. The SMILES string of the molecule is Cc1cc2nc3s/c(=C\c4ccc(OCc5cccc(C(=O)O)c5)cc4)c(=O)n3c2cc1C. The lowest BCUT2D eigenvalue weighted by Crippen LogP contribution is -2.22. The maximum Gasteiger partial charge on any atom is 0.335 e. The number of hydrogen-bond donors (Lipinski definition) is 1. The first-order valence-corrected chi connectivity index (χ1v) is 11.2. The number of aryl methyl sites for hydroxylation is 2. The first kappa shape index (κ1) is 20.9. The van der Waals surface area contributed by atoms with Gasteiger partial charge < -0.3 is 9.84 Å². The fourth-order valence-corrected chi connectivity index (χ4v) is 4.68. The molecule has 1 N–H and O–H groups in total. The van der Waals surface area contributed by atoms with Gasteiger partial charge in [0.05, 0.1) is 21.1 Å². The van der Waals surface area contributed by atoms with E-state index in [9.17, 15) is 9.59 Å². The molecule has 0 fully saturated rings. The van der Waals surface area contributed by atoms with E-state index in [-0.39, 0.29) is 17.7 Å². The number of carbonyl (C=O) groups is 1. The summed E-state index contributed by atoms with van der Waals surface area (Å²) in [5, 5.41) is 9.10. The molecule has 0 unspecified atom stereocenters. The number of benzene rings is 3. The number of hydrogen-bond acceptors (Lipinski definition) is 5. The van der Waals surface area contributed by atoms with Crippen LogP contribution in [0.3, 0.4) is 0 Å². The molecule has 33 heavy (non-hydrogen) atoms. The highest BCUT2D eigenvalue weighted by Gasteiger charge is 2.12. The van der Waals surface area contributed by atoms with Crippen molar-refractivity contribution in [3.8, 4) is 5.75 Å². The number of aromatic nitrogens is 2. The molecule has 7 heteroatoms. The lowest BCUT2D eigenvalue weighted by Gasteiger charge is -2.07. The zero-order valence-electron chi connectivity index (χ0n) is 18.0. The Bertz CT molecular complexity index is 1630. The number of fused-ring (bicyclic) bond motifs is 3. The second-order valence-electron chi connectivity index (χ2n) is 7.93. The van der Waals surface area contributed by atoms with Crippen molar-refractivity contribution in [2.24, 2.45) is 0 Å². The van der Waals surface area contributed by atoms with Crippen LogP contribution >= 0.6 is 11.3 Å². The summed E-state index contributed by atoms with van der Waals surface area (Å²) < 4.78 is 8.08. The molecule has 0 atom stereocenters. The van der Waals surface area contributed by atoms with Crippen molar-refractivity contribution in [2.45, 2.75) is 20.5 Å². The van der Waals surface area contributed by atoms with Crippen LogP contribution in [0.15, 0.2) is 65.5 Å². The minimum absolute atomic E-state index is 0.0700. The summed E-state index contributed by atoms with van der Waals surface area (Å²) in [7, 11) is 0. The Morgan fingerprint density at radius 2 is 1.85 bits per heavy atom. The minimum atomic E-state index is -0.964. The van der Waals surface area contributed by atoms with Crippen LogP contribution in [0.25, 0.3) is 22.1 Å². The van der Waals surface area contributed by atoms with Crippen LogP contribution < -0.4 is 14.8 Å². The van der Waals surface area contributed by atoms with Gasteiger partial charge in [-0.05, 0) is 78.6 Å². The smallest absolute Gasteiger partial charge is 0.335 e. The van der Waals surface area contributed by atoms with Gasteiger partial charge in [0, 0.05) is 0 Å². The van der Waals surface area contributed by atoms with Gasteiger partial charge in [-0.15, -0.1) is 0 Å². The Morgan fingerprint density at radius 3 is 2.61 bits per heavy atom. The molecule has 0 spiro atoms. The number of aromatic carboxylic acids is 1. The number of ether oxygens (including phenoxy) is 1. The van der Waals surface area contributed by atoms with Gasteiger partial charge in [-0.2, -0.15) is 0 Å². The van der Waals surface area contributed by atoms with Crippen LogP contribution in [0.4, 0.5) is 0 Å². The van der Waals surface area contributed by atoms with Crippen LogP contribution in [0.2, 0.25) is 0 Å². The highest BCUT2D eigenvalue weighted by Crippen LogP contribution is 2.21. The third-order valence-corrected chi connectivity index (χ3v) is 6.58. The van der Waals surface area contributed by atoms with E-state index in [1.54, 1.807) is 22.6 Å². The van der Waals surface area contributed by atoms with Crippen molar-refractivity contribution < 1.29 is 14.6 Å². The van der Waals surface area contributed by atoms with E-state index in [0.717, 1.165) is 33.3 Å². The van der Waals surface area contributed by atoms with Gasteiger partial charge in [-0.1, -0.05) is 35.6 Å². The standard InChI is InChI=1S/C26H20N2O4S/c1-15-10-21-22(11-16(15)2)28-24(29)23(33-26(28)27-21)13-17-6-8-20(9-7-17)32-14-18-4-3-5-19(12-18)25(30)31/h3-13H,14H2,1-2H3,(H,30,31)/b23-13-. The number of carboxylic acid groups (broad SMARTS) is 1. The molecular weight excluding hydrogens is 436 g/mol. The summed E-state index contributed by atoms with van der Waals surface area (Å²) in [5.74, 6) is -0.304. The Morgan fingerprint density at radius 1 is 1.09 bits per heavy atom. The highest BCUT2D eigenvalue weighted by molar-refractivity contribution is 7.15. The first-order valence-electron chi connectivity index (χ1n) is 10.4. The van der Waals surface area contributed by atoms with Crippen LogP contribution in [-0.2, 0) is 6.61 Å². The molecule has 0 amide bonds.